The molecule has 4 nitrogen and oxygen atoms in total. The second-order valence-corrected chi connectivity index (χ2v) is 5.08. The number of nitrogens with zero attached hydrogens (tertiary/aromatic N) is 1. The van der Waals surface area contributed by atoms with Crippen LogP contribution in [0.3, 0.4) is 0 Å². The second-order valence-electron chi connectivity index (χ2n) is 3.93. The number of benzene rings is 1. The maximum Gasteiger partial charge on any atom is 0.416 e. The van der Waals surface area contributed by atoms with Gasteiger partial charge < -0.3 is 5.32 Å². The second kappa shape index (κ2) is 5.49. The van der Waals surface area contributed by atoms with Crippen molar-refractivity contribution in [1.82, 2.24) is 0 Å². The first-order valence-electron chi connectivity index (χ1n) is 5.50. The third-order valence-electron chi connectivity index (χ3n) is 2.48. The Bertz CT molecular complexity index is 625. The van der Waals surface area contributed by atoms with Gasteiger partial charge in [-0.2, -0.15) is 13.2 Å². The van der Waals surface area contributed by atoms with Crippen molar-refractivity contribution < 1.29 is 18.1 Å². The van der Waals surface area contributed by atoms with E-state index in [0.29, 0.717) is 10.6 Å². The van der Waals surface area contributed by atoms with Crippen LogP contribution in [-0.2, 0) is 12.7 Å². The molecule has 0 saturated carbocycles. The summed E-state index contributed by atoms with van der Waals surface area (Å²) >= 11 is 0.986. The van der Waals surface area contributed by atoms with Gasteiger partial charge in [-0.1, -0.05) is 17.4 Å². The van der Waals surface area contributed by atoms with Gasteiger partial charge in [0.2, 0.25) is 0 Å². The topological polar surface area (TPSA) is 55.2 Å². The van der Waals surface area contributed by atoms with E-state index in [0.717, 1.165) is 23.5 Å². The third kappa shape index (κ3) is 3.47. The summed E-state index contributed by atoms with van der Waals surface area (Å²) < 4.78 is 37.6. The first-order chi connectivity index (χ1) is 9.36. The minimum absolute atomic E-state index is 0.00541. The van der Waals surface area contributed by atoms with Crippen LogP contribution in [0.2, 0.25) is 0 Å². The molecule has 0 saturated heterocycles. The van der Waals surface area contributed by atoms with Crippen molar-refractivity contribution in [3.8, 4) is 0 Å². The van der Waals surface area contributed by atoms with Crippen molar-refractivity contribution in [2.24, 2.45) is 0 Å². The Hall–Kier alpha value is -2.09. The number of nitro groups is 1. The van der Waals surface area contributed by atoms with E-state index >= 15 is 0 Å². The van der Waals surface area contributed by atoms with Crippen molar-refractivity contribution in [2.45, 2.75) is 12.7 Å². The predicted molar refractivity (Wildman–Crippen MR) is 69.7 cm³/mol. The van der Waals surface area contributed by atoms with Crippen LogP contribution in [0.15, 0.2) is 36.4 Å². The van der Waals surface area contributed by atoms with Gasteiger partial charge in [0, 0.05) is 23.2 Å². The number of thiophene rings is 1. The highest BCUT2D eigenvalue weighted by Gasteiger charge is 2.30. The largest absolute Gasteiger partial charge is 0.416 e. The van der Waals surface area contributed by atoms with Crippen molar-refractivity contribution in [2.75, 3.05) is 5.32 Å². The lowest BCUT2D eigenvalue weighted by Crippen LogP contribution is -2.06. The summed E-state index contributed by atoms with van der Waals surface area (Å²) in [6, 6.07) is 7.75. The number of rotatable bonds is 4. The van der Waals surface area contributed by atoms with Gasteiger partial charge >= 0.3 is 11.2 Å². The molecule has 1 aromatic carbocycles. The summed E-state index contributed by atoms with van der Waals surface area (Å²) in [4.78, 5) is 10.7. The average molecular weight is 302 g/mol. The number of halogens is 3. The molecule has 1 aromatic heterocycles. The van der Waals surface area contributed by atoms with Crippen LogP contribution in [0.4, 0.5) is 23.9 Å². The predicted octanol–water partition coefficient (Wildman–Crippen LogP) is 4.29. The van der Waals surface area contributed by atoms with E-state index in [4.69, 9.17) is 0 Å². The first-order valence-corrected chi connectivity index (χ1v) is 6.32. The molecule has 0 atom stereocenters. The van der Waals surface area contributed by atoms with Gasteiger partial charge in [0.1, 0.15) is 0 Å². The van der Waals surface area contributed by atoms with Crippen LogP contribution < -0.4 is 5.32 Å². The highest BCUT2D eigenvalue weighted by Crippen LogP contribution is 2.31. The number of hydrogen-bond donors (Lipinski definition) is 1. The molecule has 0 fully saturated rings. The summed E-state index contributed by atoms with van der Waals surface area (Å²) in [7, 11) is 0. The van der Waals surface area contributed by atoms with Gasteiger partial charge in [0.15, 0.2) is 0 Å². The Labute approximate surface area is 116 Å². The zero-order valence-electron chi connectivity index (χ0n) is 9.98. The molecule has 0 aliphatic rings. The SMILES string of the molecule is O=[N+]([O-])c1ccc(CNc2cccc(C(F)(F)F)c2)s1. The molecule has 20 heavy (non-hydrogen) atoms. The molecule has 0 bridgehead atoms. The molecule has 2 rings (SSSR count). The highest BCUT2D eigenvalue weighted by atomic mass is 32.1. The summed E-state index contributed by atoms with van der Waals surface area (Å²) in [5.74, 6) is 0. The molecule has 0 amide bonds. The molecular formula is C12H9F3N2O2S. The lowest BCUT2D eigenvalue weighted by atomic mass is 10.2. The van der Waals surface area contributed by atoms with Crippen LogP contribution in [-0.4, -0.2) is 4.92 Å². The summed E-state index contributed by atoms with van der Waals surface area (Å²) in [6.07, 6.45) is -4.39. The fourth-order valence-corrected chi connectivity index (χ4v) is 2.31. The monoisotopic (exact) mass is 302 g/mol. The number of alkyl halides is 3. The molecule has 0 radical (unpaired) electrons. The Balaban J connectivity index is 2.05. The summed E-state index contributed by atoms with van der Waals surface area (Å²) in [6.45, 7) is 0.236. The molecule has 0 aliphatic carbocycles. The van der Waals surface area contributed by atoms with Crippen molar-refractivity contribution in [1.29, 1.82) is 0 Å². The Kier molecular flexibility index (Phi) is 3.93. The Morgan fingerprint density at radius 3 is 2.60 bits per heavy atom. The van der Waals surface area contributed by atoms with E-state index in [1.165, 1.54) is 18.2 Å². The van der Waals surface area contributed by atoms with Gasteiger partial charge in [-0.05, 0) is 24.3 Å². The van der Waals surface area contributed by atoms with Gasteiger partial charge in [0.05, 0.1) is 10.5 Å². The fraction of sp³-hybridized carbons (Fsp3) is 0.167. The lowest BCUT2D eigenvalue weighted by Gasteiger charge is -2.09. The van der Waals surface area contributed by atoms with Gasteiger partial charge in [-0.25, -0.2) is 0 Å². The van der Waals surface area contributed by atoms with Crippen LogP contribution in [0.25, 0.3) is 0 Å². The molecule has 8 heteroatoms. The fourth-order valence-electron chi connectivity index (χ4n) is 1.55. The van der Waals surface area contributed by atoms with E-state index in [1.807, 2.05) is 0 Å². The van der Waals surface area contributed by atoms with Crippen LogP contribution in [0, 0.1) is 10.1 Å². The molecule has 106 valence electrons. The van der Waals surface area contributed by atoms with Crippen LogP contribution in [0.1, 0.15) is 10.4 Å². The Morgan fingerprint density at radius 2 is 2.00 bits per heavy atom. The minimum atomic E-state index is -4.39. The Morgan fingerprint density at radius 1 is 1.25 bits per heavy atom. The lowest BCUT2D eigenvalue weighted by molar-refractivity contribution is -0.380. The number of anilines is 1. The third-order valence-corrected chi connectivity index (χ3v) is 3.52. The van der Waals surface area contributed by atoms with E-state index in [-0.39, 0.29) is 11.5 Å². The molecule has 0 unspecified atom stereocenters. The number of hydrogen-bond acceptors (Lipinski definition) is 4. The molecule has 0 spiro atoms. The molecule has 1 N–H and O–H groups in total. The van der Waals surface area contributed by atoms with Crippen molar-refractivity contribution >= 4 is 22.0 Å². The molecule has 1 heterocycles. The summed E-state index contributed by atoms with van der Waals surface area (Å²) in [5, 5.41) is 13.3. The summed E-state index contributed by atoms with van der Waals surface area (Å²) in [5.41, 5.74) is -0.421. The van der Waals surface area contributed by atoms with Crippen LogP contribution >= 0.6 is 11.3 Å². The van der Waals surface area contributed by atoms with E-state index in [1.54, 1.807) is 6.07 Å². The molecule has 2 aromatic rings. The molecule has 0 aliphatic heterocycles. The van der Waals surface area contributed by atoms with E-state index in [2.05, 4.69) is 5.32 Å². The standard InChI is InChI=1S/C12H9F3N2O2S/c13-12(14,15)8-2-1-3-9(6-8)16-7-10-4-5-11(20-10)17(18)19/h1-6,16H,7H2. The molecular weight excluding hydrogens is 293 g/mol. The van der Waals surface area contributed by atoms with Gasteiger partial charge in [-0.3, -0.25) is 10.1 Å². The maximum absolute atomic E-state index is 12.5. The normalized spacial score (nSPS) is 11.3. The first kappa shape index (κ1) is 14.3. The average Bonchev–Trinajstić information content (AvgIpc) is 2.85. The van der Waals surface area contributed by atoms with Crippen molar-refractivity contribution in [3.05, 3.63) is 57.0 Å². The van der Waals surface area contributed by atoms with Gasteiger partial charge in [-0.15, -0.1) is 0 Å². The van der Waals surface area contributed by atoms with Gasteiger partial charge in [0.25, 0.3) is 0 Å². The van der Waals surface area contributed by atoms with Crippen molar-refractivity contribution in [3.63, 3.8) is 0 Å². The quantitative estimate of drug-likeness (QED) is 0.677. The smallest absolute Gasteiger partial charge is 0.380 e. The van der Waals surface area contributed by atoms with E-state index in [9.17, 15) is 23.3 Å². The maximum atomic E-state index is 12.5. The number of nitrogens with one attached hydrogen (secondary N) is 1. The zero-order chi connectivity index (χ0) is 14.8. The van der Waals surface area contributed by atoms with E-state index < -0.39 is 16.7 Å². The highest BCUT2D eigenvalue weighted by molar-refractivity contribution is 7.15. The van der Waals surface area contributed by atoms with Crippen LogP contribution in [0.5, 0.6) is 0 Å². The zero-order valence-corrected chi connectivity index (χ0v) is 10.8. The minimum Gasteiger partial charge on any atom is -0.380 e.